The number of methoxy groups -OCH3 is 1. The van der Waals surface area contributed by atoms with Gasteiger partial charge >= 0.3 is 6.09 Å². The Balaban J connectivity index is 1.81. The van der Waals surface area contributed by atoms with Crippen molar-refractivity contribution < 1.29 is 19.1 Å². The number of rotatable bonds is 4. The van der Waals surface area contributed by atoms with Crippen LogP contribution in [0.25, 0.3) is 16.6 Å². The minimum atomic E-state index is -0.805. The summed E-state index contributed by atoms with van der Waals surface area (Å²) in [6.45, 7) is 0. The van der Waals surface area contributed by atoms with E-state index in [0.717, 1.165) is 5.01 Å². The number of ether oxygens (including phenoxy) is 1. The molecule has 13 heteroatoms. The van der Waals surface area contributed by atoms with Crippen molar-refractivity contribution in [2.75, 3.05) is 19.5 Å². The highest BCUT2D eigenvalue weighted by Gasteiger charge is 2.26. The molecule has 0 bridgehead atoms. The number of hydrogen-bond acceptors (Lipinski definition) is 5. The number of carbonyl (C=O) groups is 3. The van der Waals surface area contributed by atoms with E-state index >= 15 is 0 Å². The zero-order valence-corrected chi connectivity index (χ0v) is 22.2. The van der Waals surface area contributed by atoms with Crippen LogP contribution in [-0.2, 0) is 4.74 Å². The number of nitrogens with one attached hydrogen (secondary N) is 2. The average Bonchev–Trinajstić information content (AvgIpc) is 3.19. The standard InChI is InChI=1S/C24H17Cl4N5O4/c1-32(24(36)37-2)31-22(34)14-10-12-6-3-4-7-13(12)18(27)19(14)30-23(35)17-11-16(26)20(28)33(17)21-15(25)8-5-9-29-21/h3-11H,1-2H3,(H,30,35)(H,31,34). The summed E-state index contributed by atoms with van der Waals surface area (Å²) in [5.74, 6) is -1.26. The fourth-order valence-corrected chi connectivity index (χ4v) is 4.49. The first-order valence-electron chi connectivity index (χ1n) is 10.5. The van der Waals surface area contributed by atoms with Crippen LogP contribution in [0, 0.1) is 0 Å². The van der Waals surface area contributed by atoms with Crippen molar-refractivity contribution in [3.8, 4) is 5.82 Å². The molecule has 0 fully saturated rings. The molecule has 0 saturated heterocycles. The molecule has 2 heterocycles. The van der Waals surface area contributed by atoms with E-state index in [1.54, 1.807) is 36.4 Å². The third kappa shape index (κ3) is 5.17. The van der Waals surface area contributed by atoms with Crippen LogP contribution in [0.15, 0.2) is 54.7 Å². The van der Waals surface area contributed by atoms with Crippen molar-refractivity contribution in [1.29, 1.82) is 0 Å². The summed E-state index contributed by atoms with van der Waals surface area (Å²) in [7, 11) is 2.47. The van der Waals surface area contributed by atoms with E-state index in [2.05, 4.69) is 20.5 Å². The molecule has 2 N–H and O–H groups in total. The van der Waals surface area contributed by atoms with Crippen molar-refractivity contribution in [2.24, 2.45) is 0 Å². The molecule has 0 saturated carbocycles. The van der Waals surface area contributed by atoms with Crippen molar-refractivity contribution in [2.45, 2.75) is 0 Å². The molecule has 0 spiro atoms. The molecule has 0 radical (unpaired) electrons. The van der Waals surface area contributed by atoms with Gasteiger partial charge in [0.05, 0.1) is 33.4 Å². The highest BCUT2D eigenvalue weighted by atomic mass is 35.5. The molecule has 0 unspecified atom stereocenters. The summed E-state index contributed by atoms with van der Waals surface area (Å²) in [5.41, 5.74) is 2.35. The second kappa shape index (κ2) is 10.9. The van der Waals surface area contributed by atoms with Crippen LogP contribution in [0.1, 0.15) is 20.8 Å². The van der Waals surface area contributed by atoms with Gasteiger partial charge in [0.2, 0.25) is 0 Å². The van der Waals surface area contributed by atoms with Gasteiger partial charge in [0.1, 0.15) is 10.8 Å². The maximum atomic E-state index is 13.5. The van der Waals surface area contributed by atoms with Gasteiger partial charge in [0.15, 0.2) is 5.82 Å². The van der Waals surface area contributed by atoms with Crippen molar-refractivity contribution in [3.63, 3.8) is 0 Å². The van der Waals surface area contributed by atoms with Gasteiger partial charge in [-0.2, -0.15) is 0 Å². The molecule has 4 aromatic rings. The van der Waals surface area contributed by atoms with E-state index in [-0.39, 0.29) is 43.0 Å². The number of hydrazine groups is 1. The number of pyridine rings is 1. The lowest BCUT2D eigenvalue weighted by molar-refractivity contribution is 0.0767. The van der Waals surface area contributed by atoms with E-state index < -0.39 is 17.9 Å². The zero-order chi connectivity index (χ0) is 26.9. The summed E-state index contributed by atoms with van der Waals surface area (Å²) < 4.78 is 5.88. The van der Waals surface area contributed by atoms with Crippen LogP contribution in [-0.4, -0.2) is 46.6 Å². The largest absolute Gasteiger partial charge is 0.452 e. The predicted octanol–water partition coefficient (Wildman–Crippen LogP) is 6.23. The Morgan fingerprint density at radius 3 is 2.41 bits per heavy atom. The Labute approximate surface area is 230 Å². The lowest BCUT2D eigenvalue weighted by Crippen LogP contribution is -2.43. The topological polar surface area (TPSA) is 106 Å². The number of anilines is 1. The van der Waals surface area contributed by atoms with E-state index in [1.807, 2.05) is 0 Å². The molecular formula is C24H17Cl4N5O4. The molecule has 3 amide bonds. The lowest BCUT2D eigenvalue weighted by Gasteiger charge is -2.20. The molecule has 0 aliphatic heterocycles. The van der Waals surface area contributed by atoms with Gasteiger partial charge in [0, 0.05) is 18.6 Å². The SMILES string of the molecule is COC(=O)N(C)NC(=O)c1cc2ccccc2c(Cl)c1NC(=O)c1cc(Cl)c(Cl)n1-c1ncccc1Cl. The summed E-state index contributed by atoms with van der Waals surface area (Å²) in [4.78, 5) is 42.7. The molecule has 2 aromatic carbocycles. The summed E-state index contributed by atoms with van der Waals surface area (Å²) in [6.07, 6.45) is 0.674. The highest BCUT2D eigenvalue weighted by molar-refractivity contribution is 6.43. The molecule has 37 heavy (non-hydrogen) atoms. The first-order valence-corrected chi connectivity index (χ1v) is 12.0. The van der Waals surface area contributed by atoms with Gasteiger partial charge in [-0.15, -0.1) is 0 Å². The number of nitrogens with zero attached hydrogens (tertiary/aromatic N) is 3. The van der Waals surface area contributed by atoms with Crippen LogP contribution in [0.3, 0.4) is 0 Å². The van der Waals surface area contributed by atoms with Crippen molar-refractivity contribution in [3.05, 3.63) is 86.2 Å². The average molecular weight is 581 g/mol. The van der Waals surface area contributed by atoms with Gasteiger partial charge in [0.25, 0.3) is 11.8 Å². The van der Waals surface area contributed by atoms with Gasteiger partial charge < -0.3 is 10.1 Å². The lowest BCUT2D eigenvalue weighted by atomic mass is 10.0. The van der Waals surface area contributed by atoms with E-state index in [9.17, 15) is 14.4 Å². The van der Waals surface area contributed by atoms with Crippen molar-refractivity contribution in [1.82, 2.24) is 20.0 Å². The fourth-order valence-electron chi connectivity index (χ4n) is 3.55. The third-order valence-electron chi connectivity index (χ3n) is 5.27. The van der Waals surface area contributed by atoms with E-state index in [1.165, 1.54) is 37.1 Å². The quantitative estimate of drug-likeness (QED) is 0.278. The minimum absolute atomic E-state index is 0.00625. The van der Waals surface area contributed by atoms with Crippen LogP contribution in [0.2, 0.25) is 20.2 Å². The third-order valence-corrected chi connectivity index (χ3v) is 6.71. The number of fused-ring (bicyclic) bond motifs is 1. The van der Waals surface area contributed by atoms with Crippen molar-refractivity contribution >= 4 is 80.8 Å². The second-order valence-electron chi connectivity index (χ2n) is 7.57. The Hall–Kier alpha value is -3.50. The normalized spacial score (nSPS) is 10.8. The van der Waals surface area contributed by atoms with Gasteiger partial charge in [-0.25, -0.2) is 14.8 Å². The number of carbonyl (C=O) groups excluding carboxylic acids is 3. The highest BCUT2D eigenvalue weighted by Crippen LogP contribution is 2.36. The minimum Gasteiger partial charge on any atom is -0.452 e. The molecule has 4 rings (SSSR count). The molecule has 0 atom stereocenters. The zero-order valence-electron chi connectivity index (χ0n) is 19.2. The maximum absolute atomic E-state index is 13.5. The van der Waals surface area contributed by atoms with Crippen LogP contribution >= 0.6 is 46.4 Å². The van der Waals surface area contributed by atoms with Crippen LogP contribution in [0.5, 0.6) is 0 Å². The molecule has 2 aromatic heterocycles. The Kier molecular flexibility index (Phi) is 7.79. The van der Waals surface area contributed by atoms with E-state index in [0.29, 0.717) is 10.8 Å². The first-order chi connectivity index (χ1) is 17.6. The molecular weight excluding hydrogens is 564 g/mol. The van der Waals surface area contributed by atoms with Gasteiger partial charge in [-0.3, -0.25) is 19.6 Å². The van der Waals surface area contributed by atoms with Gasteiger partial charge in [-0.05, 0) is 29.7 Å². The first kappa shape index (κ1) is 26.6. The Bertz CT molecular complexity index is 1560. The Morgan fingerprint density at radius 1 is 0.973 bits per heavy atom. The second-order valence-corrected chi connectivity index (χ2v) is 9.12. The van der Waals surface area contributed by atoms with Crippen LogP contribution in [0.4, 0.5) is 10.5 Å². The number of benzene rings is 2. The molecule has 9 nitrogen and oxygen atoms in total. The summed E-state index contributed by atoms with van der Waals surface area (Å²) in [6, 6.07) is 13.1. The summed E-state index contributed by atoms with van der Waals surface area (Å²) in [5, 5.41) is 5.15. The van der Waals surface area contributed by atoms with E-state index in [4.69, 9.17) is 46.4 Å². The van der Waals surface area contributed by atoms with Crippen LogP contribution < -0.4 is 10.7 Å². The predicted molar refractivity (Wildman–Crippen MR) is 143 cm³/mol. The number of amides is 3. The number of halogens is 4. The summed E-state index contributed by atoms with van der Waals surface area (Å²) >= 11 is 25.6. The smallest absolute Gasteiger partial charge is 0.428 e. The number of hydrogen-bond donors (Lipinski definition) is 2. The molecule has 190 valence electrons. The maximum Gasteiger partial charge on any atom is 0.428 e. The molecule has 0 aliphatic carbocycles. The Morgan fingerprint density at radius 2 is 1.70 bits per heavy atom. The fraction of sp³-hybridized carbons (Fsp3) is 0.0833. The van der Waals surface area contributed by atoms with Gasteiger partial charge in [-0.1, -0.05) is 70.7 Å². The number of aromatic nitrogens is 2. The molecule has 0 aliphatic rings. The monoisotopic (exact) mass is 579 g/mol.